The number of fused-ring (bicyclic) bond motifs is 1. The second-order valence-corrected chi connectivity index (χ2v) is 5.16. The van der Waals surface area contributed by atoms with Crippen molar-refractivity contribution >= 4 is 27.4 Å². The molecule has 0 fully saturated rings. The van der Waals surface area contributed by atoms with Gasteiger partial charge in [0.15, 0.2) is 0 Å². The first-order chi connectivity index (χ1) is 9.78. The lowest BCUT2D eigenvalue weighted by Crippen LogP contribution is -2.07. The highest BCUT2D eigenvalue weighted by molar-refractivity contribution is 7.16. The van der Waals surface area contributed by atoms with Gasteiger partial charge in [-0.25, -0.2) is 14.4 Å². The molecule has 0 aliphatic rings. The predicted octanol–water partition coefficient (Wildman–Crippen LogP) is 3.40. The van der Waals surface area contributed by atoms with Crippen molar-refractivity contribution in [1.82, 2.24) is 15.0 Å². The molecule has 0 unspecified atom stereocenters. The number of anilines is 1. The van der Waals surface area contributed by atoms with Crippen molar-refractivity contribution in [2.24, 2.45) is 0 Å². The van der Waals surface area contributed by atoms with Crippen molar-refractivity contribution in [3.05, 3.63) is 47.1 Å². The highest BCUT2D eigenvalue weighted by Gasteiger charge is 2.09. The Morgan fingerprint density at radius 1 is 1.30 bits per heavy atom. The Labute approximate surface area is 119 Å². The molecule has 20 heavy (non-hydrogen) atoms. The van der Waals surface area contributed by atoms with E-state index in [1.807, 2.05) is 18.4 Å². The summed E-state index contributed by atoms with van der Waals surface area (Å²) in [6.07, 6.45) is 2.35. The number of aryl methyl sites for hydroxylation is 1. The molecule has 3 heterocycles. The zero-order valence-electron chi connectivity index (χ0n) is 10.9. The largest absolute Gasteiger partial charge is 0.364 e. The number of pyridine rings is 1. The topological polar surface area (TPSA) is 50.7 Å². The molecule has 0 radical (unpaired) electrons. The summed E-state index contributed by atoms with van der Waals surface area (Å²) < 4.78 is 13.6. The van der Waals surface area contributed by atoms with Crippen LogP contribution < -0.4 is 5.32 Å². The van der Waals surface area contributed by atoms with Crippen molar-refractivity contribution in [1.29, 1.82) is 0 Å². The average molecular weight is 288 g/mol. The van der Waals surface area contributed by atoms with Crippen molar-refractivity contribution < 1.29 is 4.39 Å². The second kappa shape index (κ2) is 5.50. The van der Waals surface area contributed by atoms with Gasteiger partial charge in [-0.3, -0.25) is 4.98 Å². The minimum absolute atomic E-state index is 0.303. The number of rotatable bonds is 4. The van der Waals surface area contributed by atoms with E-state index in [0.717, 1.165) is 28.3 Å². The van der Waals surface area contributed by atoms with Crippen LogP contribution in [0, 0.1) is 5.82 Å². The SMILES string of the molecule is CCc1nc(NCc2ncccc2F)c2ccsc2n1. The first-order valence-electron chi connectivity index (χ1n) is 6.35. The number of hydrogen-bond donors (Lipinski definition) is 1. The highest BCUT2D eigenvalue weighted by Crippen LogP contribution is 2.25. The van der Waals surface area contributed by atoms with Crippen LogP contribution in [0.5, 0.6) is 0 Å². The molecule has 0 bridgehead atoms. The number of hydrogen-bond acceptors (Lipinski definition) is 5. The molecule has 3 aromatic heterocycles. The second-order valence-electron chi connectivity index (χ2n) is 4.27. The zero-order chi connectivity index (χ0) is 13.9. The molecule has 6 heteroatoms. The van der Waals surface area contributed by atoms with Crippen LogP contribution in [0.3, 0.4) is 0 Å². The Balaban J connectivity index is 1.90. The normalized spacial score (nSPS) is 10.9. The fourth-order valence-electron chi connectivity index (χ4n) is 1.91. The molecule has 3 aromatic rings. The summed E-state index contributed by atoms with van der Waals surface area (Å²) in [7, 11) is 0. The number of halogens is 1. The molecule has 0 amide bonds. The molecule has 0 atom stereocenters. The van der Waals surface area contributed by atoms with Crippen LogP contribution in [0.25, 0.3) is 10.2 Å². The van der Waals surface area contributed by atoms with E-state index in [9.17, 15) is 4.39 Å². The summed E-state index contributed by atoms with van der Waals surface area (Å²) in [6.45, 7) is 2.31. The predicted molar refractivity (Wildman–Crippen MR) is 78.3 cm³/mol. The van der Waals surface area contributed by atoms with Crippen molar-refractivity contribution in [2.45, 2.75) is 19.9 Å². The minimum Gasteiger partial charge on any atom is -0.364 e. The molecule has 0 aliphatic carbocycles. The number of thiophene rings is 1. The fraction of sp³-hybridized carbons (Fsp3) is 0.214. The molecule has 1 N–H and O–H groups in total. The van der Waals surface area contributed by atoms with Gasteiger partial charge in [0, 0.05) is 12.6 Å². The monoisotopic (exact) mass is 288 g/mol. The average Bonchev–Trinajstić information content (AvgIpc) is 2.94. The van der Waals surface area contributed by atoms with Crippen LogP contribution in [0.2, 0.25) is 0 Å². The van der Waals surface area contributed by atoms with Gasteiger partial charge in [0.25, 0.3) is 0 Å². The smallest absolute Gasteiger partial charge is 0.146 e. The standard InChI is InChI=1S/C14H13FN4S/c1-2-12-18-13(9-5-7-20-14(9)19-12)17-8-11-10(15)4-3-6-16-11/h3-7H,2,8H2,1H3,(H,17,18,19). The minimum atomic E-state index is -0.314. The Morgan fingerprint density at radius 3 is 3.00 bits per heavy atom. The first kappa shape index (κ1) is 12.9. The van der Waals surface area contributed by atoms with Crippen LogP contribution in [0.15, 0.2) is 29.8 Å². The molecule has 0 aliphatic heterocycles. The number of nitrogens with zero attached hydrogens (tertiary/aromatic N) is 3. The summed E-state index contributed by atoms with van der Waals surface area (Å²) in [6, 6.07) is 4.95. The quantitative estimate of drug-likeness (QED) is 0.799. The van der Waals surface area contributed by atoms with E-state index >= 15 is 0 Å². The van der Waals surface area contributed by atoms with Gasteiger partial charge in [0.05, 0.1) is 17.6 Å². The van der Waals surface area contributed by atoms with Gasteiger partial charge in [-0.05, 0) is 23.6 Å². The molecule has 0 saturated heterocycles. The van der Waals surface area contributed by atoms with Crippen LogP contribution in [-0.4, -0.2) is 15.0 Å². The molecular formula is C14H13FN4S. The van der Waals surface area contributed by atoms with Gasteiger partial charge in [-0.1, -0.05) is 6.92 Å². The Kier molecular flexibility index (Phi) is 3.56. The lowest BCUT2D eigenvalue weighted by molar-refractivity contribution is 0.602. The Bertz CT molecular complexity index is 741. The Hall–Kier alpha value is -2.08. The van der Waals surface area contributed by atoms with Gasteiger partial charge in [-0.15, -0.1) is 11.3 Å². The van der Waals surface area contributed by atoms with E-state index < -0.39 is 0 Å². The molecule has 0 aromatic carbocycles. The van der Waals surface area contributed by atoms with Crippen molar-refractivity contribution in [3.63, 3.8) is 0 Å². The highest BCUT2D eigenvalue weighted by atomic mass is 32.1. The maximum atomic E-state index is 13.6. The Morgan fingerprint density at radius 2 is 2.20 bits per heavy atom. The molecule has 0 saturated carbocycles. The zero-order valence-corrected chi connectivity index (χ0v) is 11.7. The van der Waals surface area contributed by atoms with E-state index in [1.54, 1.807) is 23.6 Å². The summed E-state index contributed by atoms with van der Waals surface area (Å²) in [5, 5.41) is 6.10. The van der Waals surface area contributed by atoms with Crippen LogP contribution in [-0.2, 0) is 13.0 Å². The molecule has 4 nitrogen and oxygen atoms in total. The van der Waals surface area contributed by atoms with E-state index in [2.05, 4.69) is 20.3 Å². The molecule has 0 spiro atoms. The van der Waals surface area contributed by atoms with Gasteiger partial charge < -0.3 is 5.32 Å². The van der Waals surface area contributed by atoms with Gasteiger partial charge >= 0.3 is 0 Å². The third-order valence-electron chi connectivity index (χ3n) is 2.95. The summed E-state index contributed by atoms with van der Waals surface area (Å²) in [4.78, 5) is 13.9. The lowest BCUT2D eigenvalue weighted by Gasteiger charge is -2.08. The third-order valence-corrected chi connectivity index (χ3v) is 3.75. The van der Waals surface area contributed by atoms with E-state index in [0.29, 0.717) is 12.2 Å². The fourth-order valence-corrected chi connectivity index (χ4v) is 2.69. The van der Waals surface area contributed by atoms with Crippen LogP contribution in [0.1, 0.15) is 18.4 Å². The van der Waals surface area contributed by atoms with Gasteiger partial charge in [0.1, 0.15) is 22.3 Å². The molecule has 102 valence electrons. The van der Waals surface area contributed by atoms with E-state index in [-0.39, 0.29) is 5.82 Å². The lowest BCUT2D eigenvalue weighted by atomic mass is 10.3. The van der Waals surface area contributed by atoms with Crippen LogP contribution >= 0.6 is 11.3 Å². The van der Waals surface area contributed by atoms with Gasteiger partial charge in [-0.2, -0.15) is 0 Å². The number of nitrogens with one attached hydrogen (secondary N) is 1. The summed E-state index contributed by atoms with van der Waals surface area (Å²) in [5.74, 6) is 1.20. The maximum Gasteiger partial charge on any atom is 0.146 e. The summed E-state index contributed by atoms with van der Waals surface area (Å²) in [5.41, 5.74) is 0.382. The van der Waals surface area contributed by atoms with Gasteiger partial charge in [0.2, 0.25) is 0 Å². The third kappa shape index (κ3) is 2.46. The van der Waals surface area contributed by atoms with E-state index in [1.165, 1.54) is 6.07 Å². The summed E-state index contributed by atoms with van der Waals surface area (Å²) >= 11 is 1.58. The van der Waals surface area contributed by atoms with Crippen molar-refractivity contribution in [3.8, 4) is 0 Å². The molecule has 3 rings (SSSR count). The van der Waals surface area contributed by atoms with Crippen LogP contribution in [0.4, 0.5) is 10.2 Å². The van der Waals surface area contributed by atoms with E-state index in [4.69, 9.17) is 0 Å². The van der Waals surface area contributed by atoms with Crippen molar-refractivity contribution in [2.75, 3.05) is 5.32 Å². The number of aromatic nitrogens is 3. The molecular weight excluding hydrogens is 275 g/mol. The maximum absolute atomic E-state index is 13.6. The first-order valence-corrected chi connectivity index (χ1v) is 7.23.